The summed E-state index contributed by atoms with van der Waals surface area (Å²) in [4.78, 5) is 0. The third-order valence-corrected chi connectivity index (χ3v) is 3.75. The van der Waals surface area contributed by atoms with Crippen LogP contribution in [-0.2, 0) is 0 Å². The van der Waals surface area contributed by atoms with E-state index in [0.717, 1.165) is 28.9 Å². The van der Waals surface area contributed by atoms with E-state index in [1.54, 1.807) is 0 Å². The summed E-state index contributed by atoms with van der Waals surface area (Å²) in [7, 11) is 0. The molecule has 0 aromatic heterocycles. The van der Waals surface area contributed by atoms with Gasteiger partial charge in [0, 0.05) is 10.5 Å². The Morgan fingerprint density at radius 3 is 2.76 bits per heavy atom. The van der Waals surface area contributed by atoms with Crippen LogP contribution in [0.15, 0.2) is 34.8 Å². The maximum atomic E-state index is 6.01. The predicted molar refractivity (Wildman–Crippen MR) is 79.6 cm³/mol. The summed E-state index contributed by atoms with van der Waals surface area (Å²) in [6.07, 6.45) is 2.08. The molecule has 0 aliphatic heterocycles. The Hall–Kier alpha value is -0.310. The summed E-state index contributed by atoms with van der Waals surface area (Å²) >= 11 is 9.48. The summed E-state index contributed by atoms with van der Waals surface area (Å²) in [5.74, 6) is 0. The van der Waals surface area contributed by atoms with Gasteiger partial charge in [-0.05, 0) is 59.9 Å². The molecule has 0 bridgehead atoms. The van der Waals surface area contributed by atoms with Crippen LogP contribution < -0.4 is 5.32 Å². The van der Waals surface area contributed by atoms with Gasteiger partial charge in [0.05, 0.1) is 5.02 Å². The summed E-state index contributed by atoms with van der Waals surface area (Å²) in [5.41, 5.74) is 2.43. The molecule has 1 unspecified atom stereocenters. The molecule has 0 radical (unpaired) electrons. The smallest absolute Gasteiger partial charge is 0.0548 e. The predicted octanol–water partition coefficient (Wildman–Crippen LogP) is 5.11. The van der Waals surface area contributed by atoms with Gasteiger partial charge in [0.2, 0.25) is 0 Å². The highest BCUT2D eigenvalue weighted by atomic mass is 79.9. The first-order chi connectivity index (χ1) is 8.04. The van der Waals surface area contributed by atoms with Gasteiger partial charge in [-0.3, -0.25) is 0 Å². The lowest BCUT2D eigenvalue weighted by Crippen LogP contribution is -2.22. The average Bonchev–Trinajstić information content (AvgIpc) is 2.27. The van der Waals surface area contributed by atoms with Gasteiger partial charge in [0.1, 0.15) is 0 Å². The Morgan fingerprint density at radius 2 is 2.24 bits per heavy atom. The van der Waals surface area contributed by atoms with Gasteiger partial charge in [-0.1, -0.05) is 30.2 Å². The molecular weight excluding hydrogens is 298 g/mol. The fourth-order valence-corrected chi connectivity index (χ4v) is 2.22. The molecule has 3 heteroatoms. The van der Waals surface area contributed by atoms with Crippen LogP contribution >= 0.6 is 27.5 Å². The Kier molecular flexibility index (Phi) is 6.24. The fraction of sp³-hybridized carbons (Fsp3) is 0.429. The first-order valence-corrected chi connectivity index (χ1v) is 7.04. The van der Waals surface area contributed by atoms with E-state index < -0.39 is 0 Å². The van der Waals surface area contributed by atoms with Crippen molar-refractivity contribution in [1.82, 2.24) is 5.32 Å². The van der Waals surface area contributed by atoms with Gasteiger partial charge >= 0.3 is 0 Å². The summed E-state index contributed by atoms with van der Waals surface area (Å²) < 4.78 is 0.946. The van der Waals surface area contributed by atoms with Crippen molar-refractivity contribution in [2.75, 3.05) is 6.54 Å². The van der Waals surface area contributed by atoms with Crippen LogP contribution in [0, 0.1) is 0 Å². The molecule has 1 aromatic rings. The standard InChI is InChI=1S/C14H19BrClN/c1-4-7-17-14(8-10(2)3)11-5-6-13(16)12(15)9-11/h5-6,9,14,17H,2,4,7-8H2,1,3H3. The van der Waals surface area contributed by atoms with Gasteiger partial charge in [-0.2, -0.15) is 0 Å². The molecule has 0 fully saturated rings. The van der Waals surface area contributed by atoms with E-state index in [1.807, 2.05) is 6.07 Å². The molecule has 0 aliphatic carbocycles. The number of hydrogen-bond acceptors (Lipinski definition) is 1. The minimum Gasteiger partial charge on any atom is -0.310 e. The molecule has 94 valence electrons. The van der Waals surface area contributed by atoms with Crippen molar-refractivity contribution in [3.63, 3.8) is 0 Å². The molecule has 1 N–H and O–H groups in total. The van der Waals surface area contributed by atoms with Crippen LogP contribution in [0.1, 0.15) is 38.3 Å². The topological polar surface area (TPSA) is 12.0 Å². The number of nitrogens with one attached hydrogen (secondary N) is 1. The number of hydrogen-bond donors (Lipinski definition) is 1. The zero-order chi connectivity index (χ0) is 12.8. The number of rotatable bonds is 6. The number of halogens is 2. The molecule has 0 spiro atoms. The van der Waals surface area contributed by atoms with Crippen LogP contribution in [0.25, 0.3) is 0 Å². The molecule has 1 nitrogen and oxygen atoms in total. The van der Waals surface area contributed by atoms with Crippen LogP contribution in [0.5, 0.6) is 0 Å². The maximum Gasteiger partial charge on any atom is 0.0548 e. The molecule has 0 saturated heterocycles. The number of benzene rings is 1. The summed E-state index contributed by atoms with van der Waals surface area (Å²) in [5, 5.41) is 4.29. The molecule has 1 atom stereocenters. The van der Waals surface area contributed by atoms with Crippen molar-refractivity contribution in [2.24, 2.45) is 0 Å². The highest BCUT2D eigenvalue weighted by molar-refractivity contribution is 9.10. The molecule has 0 aliphatic rings. The SMILES string of the molecule is C=C(C)CC(NCCC)c1ccc(Cl)c(Br)c1. The van der Waals surface area contributed by atoms with E-state index in [2.05, 4.69) is 53.8 Å². The molecule has 0 saturated carbocycles. The van der Waals surface area contributed by atoms with Crippen molar-refractivity contribution >= 4 is 27.5 Å². The van der Waals surface area contributed by atoms with Crippen molar-refractivity contribution in [3.05, 3.63) is 45.4 Å². The Bertz CT molecular complexity index is 390. The molecule has 0 heterocycles. The molecule has 1 rings (SSSR count). The van der Waals surface area contributed by atoms with Gasteiger partial charge in [0.25, 0.3) is 0 Å². The lowest BCUT2D eigenvalue weighted by atomic mass is 10.0. The lowest BCUT2D eigenvalue weighted by Gasteiger charge is -2.19. The Balaban J connectivity index is 2.86. The fourth-order valence-electron chi connectivity index (χ4n) is 1.70. The highest BCUT2D eigenvalue weighted by Crippen LogP contribution is 2.28. The first-order valence-electron chi connectivity index (χ1n) is 5.87. The van der Waals surface area contributed by atoms with E-state index >= 15 is 0 Å². The largest absolute Gasteiger partial charge is 0.310 e. The van der Waals surface area contributed by atoms with Gasteiger partial charge in [-0.15, -0.1) is 6.58 Å². The van der Waals surface area contributed by atoms with E-state index in [9.17, 15) is 0 Å². The third kappa shape index (κ3) is 4.82. The van der Waals surface area contributed by atoms with E-state index in [-0.39, 0.29) is 0 Å². The second-order valence-electron chi connectivity index (χ2n) is 4.34. The highest BCUT2D eigenvalue weighted by Gasteiger charge is 2.11. The monoisotopic (exact) mass is 315 g/mol. The van der Waals surface area contributed by atoms with Gasteiger partial charge < -0.3 is 5.32 Å². The second kappa shape index (κ2) is 7.20. The molecule has 1 aromatic carbocycles. The molecule has 17 heavy (non-hydrogen) atoms. The maximum absolute atomic E-state index is 6.01. The minimum absolute atomic E-state index is 0.320. The van der Waals surface area contributed by atoms with Crippen molar-refractivity contribution in [3.8, 4) is 0 Å². The van der Waals surface area contributed by atoms with Crippen molar-refractivity contribution < 1.29 is 0 Å². The normalized spacial score (nSPS) is 12.5. The lowest BCUT2D eigenvalue weighted by molar-refractivity contribution is 0.528. The summed E-state index contributed by atoms with van der Waals surface area (Å²) in [6.45, 7) is 9.23. The van der Waals surface area contributed by atoms with E-state index in [0.29, 0.717) is 6.04 Å². The van der Waals surface area contributed by atoms with Crippen LogP contribution in [0.4, 0.5) is 0 Å². The van der Waals surface area contributed by atoms with Gasteiger partial charge in [-0.25, -0.2) is 0 Å². The Morgan fingerprint density at radius 1 is 1.53 bits per heavy atom. The summed E-state index contributed by atoms with van der Waals surface area (Å²) in [6, 6.07) is 6.41. The van der Waals surface area contributed by atoms with E-state index in [4.69, 9.17) is 11.6 Å². The van der Waals surface area contributed by atoms with Crippen LogP contribution in [-0.4, -0.2) is 6.54 Å². The first kappa shape index (κ1) is 14.7. The van der Waals surface area contributed by atoms with Crippen molar-refractivity contribution in [1.29, 1.82) is 0 Å². The second-order valence-corrected chi connectivity index (χ2v) is 5.60. The molecule has 0 amide bonds. The average molecular weight is 317 g/mol. The van der Waals surface area contributed by atoms with Crippen LogP contribution in [0.3, 0.4) is 0 Å². The zero-order valence-corrected chi connectivity index (χ0v) is 12.7. The molecular formula is C14H19BrClN. The Labute approximate surface area is 117 Å². The quantitative estimate of drug-likeness (QED) is 0.719. The van der Waals surface area contributed by atoms with Crippen molar-refractivity contribution in [2.45, 2.75) is 32.7 Å². The van der Waals surface area contributed by atoms with Gasteiger partial charge in [0.15, 0.2) is 0 Å². The van der Waals surface area contributed by atoms with E-state index in [1.165, 1.54) is 11.1 Å². The third-order valence-electron chi connectivity index (χ3n) is 2.54. The minimum atomic E-state index is 0.320. The van der Waals surface area contributed by atoms with Crippen LogP contribution in [0.2, 0.25) is 5.02 Å². The zero-order valence-electron chi connectivity index (χ0n) is 10.4.